The van der Waals surface area contributed by atoms with Crippen molar-refractivity contribution in [2.75, 3.05) is 11.4 Å². The van der Waals surface area contributed by atoms with E-state index in [0.29, 0.717) is 6.04 Å². The van der Waals surface area contributed by atoms with E-state index in [4.69, 9.17) is 5.73 Å². The van der Waals surface area contributed by atoms with E-state index in [1.807, 2.05) is 0 Å². The Bertz CT molecular complexity index is 425. The van der Waals surface area contributed by atoms with Crippen molar-refractivity contribution in [3.63, 3.8) is 0 Å². The van der Waals surface area contributed by atoms with Crippen LogP contribution in [-0.4, -0.2) is 28.4 Å². The maximum absolute atomic E-state index is 6.21. The van der Waals surface area contributed by atoms with Gasteiger partial charge in [0, 0.05) is 31.2 Å². The summed E-state index contributed by atoms with van der Waals surface area (Å²) in [6, 6.07) is 0.750. The van der Waals surface area contributed by atoms with Crippen molar-refractivity contribution in [2.45, 2.75) is 78.8 Å². The van der Waals surface area contributed by atoms with Crippen LogP contribution in [0.5, 0.6) is 0 Å². The molecule has 0 radical (unpaired) electrons. The SMILES string of the molecule is CCCCN(c1c(CC(N)CC)c(C)nn1C)C(C)CC. The summed E-state index contributed by atoms with van der Waals surface area (Å²) in [6.07, 6.45) is 5.51. The number of aryl methyl sites for hydroxylation is 2. The third kappa shape index (κ3) is 4.47. The van der Waals surface area contributed by atoms with Gasteiger partial charge in [-0.05, 0) is 39.5 Å². The number of anilines is 1. The fourth-order valence-electron chi connectivity index (χ4n) is 2.78. The summed E-state index contributed by atoms with van der Waals surface area (Å²) in [5, 5.41) is 4.66. The number of hydrogen-bond donors (Lipinski definition) is 1. The molecule has 0 bridgehead atoms. The van der Waals surface area contributed by atoms with E-state index in [2.05, 4.69) is 56.3 Å². The van der Waals surface area contributed by atoms with Crippen LogP contribution in [-0.2, 0) is 13.5 Å². The van der Waals surface area contributed by atoms with Crippen LogP contribution in [0, 0.1) is 6.92 Å². The smallest absolute Gasteiger partial charge is 0.130 e. The fraction of sp³-hybridized carbons (Fsp3) is 0.824. The quantitative estimate of drug-likeness (QED) is 0.759. The lowest BCUT2D eigenvalue weighted by atomic mass is 10.0. The molecule has 0 aliphatic carbocycles. The summed E-state index contributed by atoms with van der Waals surface area (Å²) in [7, 11) is 2.06. The van der Waals surface area contributed by atoms with E-state index in [9.17, 15) is 0 Å². The number of hydrogen-bond acceptors (Lipinski definition) is 3. The lowest BCUT2D eigenvalue weighted by Gasteiger charge is -2.32. The van der Waals surface area contributed by atoms with Gasteiger partial charge in [0.25, 0.3) is 0 Å². The van der Waals surface area contributed by atoms with Crippen LogP contribution >= 0.6 is 0 Å². The van der Waals surface area contributed by atoms with E-state index in [1.165, 1.54) is 24.2 Å². The molecular weight excluding hydrogens is 260 g/mol. The summed E-state index contributed by atoms with van der Waals surface area (Å²) in [5.41, 5.74) is 8.67. The van der Waals surface area contributed by atoms with E-state index < -0.39 is 0 Å². The van der Waals surface area contributed by atoms with Crippen molar-refractivity contribution in [1.29, 1.82) is 0 Å². The van der Waals surface area contributed by atoms with Crippen molar-refractivity contribution >= 4 is 5.82 Å². The predicted molar refractivity (Wildman–Crippen MR) is 91.9 cm³/mol. The zero-order chi connectivity index (χ0) is 16.0. The molecule has 0 saturated heterocycles. The molecule has 1 heterocycles. The molecule has 4 nitrogen and oxygen atoms in total. The Balaban J connectivity index is 3.16. The molecule has 21 heavy (non-hydrogen) atoms. The van der Waals surface area contributed by atoms with Crippen LogP contribution in [0.3, 0.4) is 0 Å². The number of nitrogens with two attached hydrogens (primary N) is 1. The third-order valence-corrected chi connectivity index (χ3v) is 4.45. The lowest BCUT2D eigenvalue weighted by molar-refractivity contribution is 0.567. The normalized spacial score (nSPS) is 14.2. The topological polar surface area (TPSA) is 47.1 Å². The van der Waals surface area contributed by atoms with Gasteiger partial charge in [-0.3, -0.25) is 4.68 Å². The summed E-state index contributed by atoms with van der Waals surface area (Å²) in [6.45, 7) is 12.2. The van der Waals surface area contributed by atoms with Gasteiger partial charge in [0.2, 0.25) is 0 Å². The number of rotatable bonds is 9. The molecule has 1 rings (SSSR count). The summed E-state index contributed by atoms with van der Waals surface area (Å²) in [4.78, 5) is 2.53. The van der Waals surface area contributed by atoms with E-state index >= 15 is 0 Å². The lowest BCUT2D eigenvalue weighted by Crippen LogP contribution is -2.36. The van der Waals surface area contributed by atoms with Gasteiger partial charge in [-0.1, -0.05) is 27.2 Å². The van der Waals surface area contributed by atoms with Crippen molar-refractivity contribution < 1.29 is 0 Å². The summed E-state index contributed by atoms with van der Waals surface area (Å²) in [5.74, 6) is 1.28. The van der Waals surface area contributed by atoms with Crippen molar-refractivity contribution in [3.8, 4) is 0 Å². The average molecular weight is 294 g/mol. The molecule has 0 fully saturated rings. The Kier molecular flexibility index (Phi) is 7.23. The summed E-state index contributed by atoms with van der Waals surface area (Å²) >= 11 is 0. The predicted octanol–water partition coefficient (Wildman–Crippen LogP) is 3.41. The molecule has 1 aromatic heterocycles. The van der Waals surface area contributed by atoms with Crippen LogP contribution < -0.4 is 10.6 Å². The minimum Gasteiger partial charge on any atom is -0.354 e. The number of unbranched alkanes of at least 4 members (excludes halogenated alkanes) is 1. The molecule has 0 aliphatic heterocycles. The van der Waals surface area contributed by atoms with Gasteiger partial charge < -0.3 is 10.6 Å². The van der Waals surface area contributed by atoms with Crippen molar-refractivity contribution in [1.82, 2.24) is 9.78 Å². The van der Waals surface area contributed by atoms with E-state index in [1.54, 1.807) is 0 Å². The Morgan fingerprint density at radius 1 is 1.24 bits per heavy atom. The zero-order valence-corrected chi connectivity index (χ0v) is 14.8. The van der Waals surface area contributed by atoms with Crippen LogP contribution in [0.2, 0.25) is 0 Å². The van der Waals surface area contributed by atoms with Crippen LogP contribution in [0.15, 0.2) is 0 Å². The zero-order valence-electron chi connectivity index (χ0n) is 14.8. The molecule has 2 N–H and O–H groups in total. The second-order valence-electron chi connectivity index (χ2n) is 6.19. The van der Waals surface area contributed by atoms with Crippen molar-refractivity contribution in [2.24, 2.45) is 12.8 Å². The van der Waals surface area contributed by atoms with Gasteiger partial charge in [-0.15, -0.1) is 0 Å². The van der Waals surface area contributed by atoms with E-state index in [0.717, 1.165) is 31.5 Å². The molecule has 1 aromatic rings. The van der Waals surface area contributed by atoms with Crippen molar-refractivity contribution in [3.05, 3.63) is 11.3 Å². The standard InChI is InChI=1S/C17H34N4/c1-7-10-11-21(13(4)8-2)17-16(12-15(18)9-3)14(5)19-20(17)6/h13,15H,7-12,18H2,1-6H3. The minimum absolute atomic E-state index is 0.219. The first-order chi connectivity index (χ1) is 9.96. The van der Waals surface area contributed by atoms with Crippen LogP contribution in [0.1, 0.15) is 64.6 Å². The highest BCUT2D eigenvalue weighted by Gasteiger charge is 2.23. The van der Waals surface area contributed by atoms with Gasteiger partial charge in [0.15, 0.2) is 0 Å². The first-order valence-electron chi connectivity index (χ1n) is 8.50. The first-order valence-corrected chi connectivity index (χ1v) is 8.50. The Hall–Kier alpha value is -1.03. The second-order valence-corrected chi connectivity index (χ2v) is 6.19. The van der Waals surface area contributed by atoms with Gasteiger partial charge in [-0.2, -0.15) is 5.10 Å². The monoisotopic (exact) mass is 294 g/mol. The first kappa shape index (κ1) is 18.0. The second kappa shape index (κ2) is 8.42. The third-order valence-electron chi connectivity index (χ3n) is 4.45. The van der Waals surface area contributed by atoms with Gasteiger partial charge in [0.05, 0.1) is 5.69 Å². The molecule has 0 aliphatic rings. The number of aromatic nitrogens is 2. The summed E-state index contributed by atoms with van der Waals surface area (Å²) < 4.78 is 2.05. The largest absolute Gasteiger partial charge is 0.354 e. The highest BCUT2D eigenvalue weighted by Crippen LogP contribution is 2.27. The molecule has 0 spiro atoms. The highest BCUT2D eigenvalue weighted by atomic mass is 15.4. The highest BCUT2D eigenvalue weighted by molar-refractivity contribution is 5.51. The molecule has 0 aromatic carbocycles. The maximum Gasteiger partial charge on any atom is 0.130 e. The van der Waals surface area contributed by atoms with Gasteiger partial charge in [-0.25, -0.2) is 0 Å². The maximum atomic E-state index is 6.21. The number of nitrogens with zero attached hydrogens (tertiary/aromatic N) is 3. The molecule has 2 unspecified atom stereocenters. The molecule has 122 valence electrons. The average Bonchev–Trinajstić information content (AvgIpc) is 2.74. The molecule has 0 saturated carbocycles. The molecular formula is C17H34N4. The Labute approximate surface area is 130 Å². The Morgan fingerprint density at radius 3 is 2.43 bits per heavy atom. The molecule has 4 heteroatoms. The minimum atomic E-state index is 0.219. The van der Waals surface area contributed by atoms with Gasteiger partial charge in [0.1, 0.15) is 5.82 Å². The fourth-order valence-corrected chi connectivity index (χ4v) is 2.78. The van der Waals surface area contributed by atoms with Crippen LogP contribution in [0.25, 0.3) is 0 Å². The Morgan fingerprint density at radius 2 is 1.90 bits per heavy atom. The molecule has 0 amide bonds. The molecule has 2 atom stereocenters. The van der Waals surface area contributed by atoms with E-state index in [-0.39, 0.29) is 6.04 Å². The van der Waals surface area contributed by atoms with Gasteiger partial charge >= 0.3 is 0 Å². The van der Waals surface area contributed by atoms with Crippen LogP contribution in [0.4, 0.5) is 5.82 Å².